The fraction of sp³-hybridized carbons (Fsp3) is 0.923. The predicted molar refractivity (Wildman–Crippen MR) is 71.3 cm³/mol. The van der Waals surface area contributed by atoms with Crippen LogP contribution in [0.1, 0.15) is 46.5 Å². The molecule has 0 radical (unpaired) electrons. The van der Waals surface area contributed by atoms with Crippen molar-refractivity contribution in [1.29, 1.82) is 0 Å². The molecular weight excluding hydrogens is 214 g/mol. The van der Waals surface area contributed by atoms with Crippen LogP contribution in [0.4, 0.5) is 0 Å². The summed E-state index contributed by atoms with van der Waals surface area (Å²) in [5.74, 6) is 1.15. The summed E-state index contributed by atoms with van der Waals surface area (Å²) in [6, 6.07) is 0. The maximum absolute atomic E-state index is 8.51. The second kappa shape index (κ2) is 6.24. The van der Waals surface area contributed by atoms with Crippen molar-refractivity contribution in [2.24, 2.45) is 22.2 Å². The fourth-order valence-corrected chi connectivity index (χ4v) is 2.57. The first kappa shape index (κ1) is 14.3. The summed E-state index contributed by atoms with van der Waals surface area (Å²) in [6.07, 6.45) is 4.51. The van der Waals surface area contributed by atoms with Gasteiger partial charge in [-0.15, -0.1) is 0 Å². The molecule has 100 valence electrons. The van der Waals surface area contributed by atoms with Gasteiger partial charge in [-0.3, -0.25) is 0 Å². The van der Waals surface area contributed by atoms with Gasteiger partial charge in [-0.25, -0.2) is 0 Å². The molecule has 0 aromatic heterocycles. The lowest BCUT2D eigenvalue weighted by molar-refractivity contribution is 0.209. The first-order chi connectivity index (χ1) is 7.93. The van der Waals surface area contributed by atoms with E-state index in [1.54, 1.807) is 0 Å². The van der Waals surface area contributed by atoms with Crippen LogP contribution in [0.15, 0.2) is 5.16 Å². The Kier molecular flexibility index (Phi) is 5.25. The third kappa shape index (κ3) is 4.94. The minimum absolute atomic E-state index is 0.335. The molecule has 0 saturated carbocycles. The van der Waals surface area contributed by atoms with Crippen molar-refractivity contribution in [3.63, 3.8) is 0 Å². The average molecular weight is 241 g/mol. The van der Waals surface area contributed by atoms with Crippen molar-refractivity contribution in [2.75, 3.05) is 19.6 Å². The number of nitrogens with two attached hydrogens (primary N) is 1. The zero-order valence-corrected chi connectivity index (χ0v) is 11.4. The van der Waals surface area contributed by atoms with Crippen molar-refractivity contribution >= 4 is 5.84 Å². The molecule has 0 amide bonds. The van der Waals surface area contributed by atoms with Crippen LogP contribution in [0, 0.1) is 11.3 Å². The molecule has 1 aliphatic heterocycles. The molecule has 1 fully saturated rings. The van der Waals surface area contributed by atoms with Crippen LogP contribution in [-0.4, -0.2) is 35.6 Å². The summed E-state index contributed by atoms with van der Waals surface area (Å²) < 4.78 is 0. The van der Waals surface area contributed by atoms with Crippen molar-refractivity contribution in [1.82, 2.24) is 4.90 Å². The van der Waals surface area contributed by atoms with Crippen molar-refractivity contribution in [3.8, 4) is 0 Å². The summed E-state index contributed by atoms with van der Waals surface area (Å²) in [7, 11) is 0. The number of likely N-dealkylation sites (tertiary alicyclic amines) is 1. The minimum Gasteiger partial charge on any atom is -0.409 e. The summed E-state index contributed by atoms with van der Waals surface area (Å²) >= 11 is 0. The molecule has 1 saturated heterocycles. The highest BCUT2D eigenvalue weighted by Gasteiger charge is 2.26. The molecule has 0 aromatic carbocycles. The van der Waals surface area contributed by atoms with E-state index in [2.05, 4.69) is 30.8 Å². The van der Waals surface area contributed by atoms with Crippen molar-refractivity contribution in [3.05, 3.63) is 0 Å². The third-order valence-electron chi connectivity index (χ3n) is 3.86. The molecule has 1 heterocycles. The molecular formula is C13H27N3O. The van der Waals surface area contributed by atoms with E-state index in [4.69, 9.17) is 10.9 Å². The van der Waals surface area contributed by atoms with Gasteiger partial charge in [0.1, 0.15) is 5.84 Å². The van der Waals surface area contributed by atoms with Gasteiger partial charge >= 0.3 is 0 Å². The van der Waals surface area contributed by atoms with Crippen LogP contribution < -0.4 is 5.73 Å². The van der Waals surface area contributed by atoms with E-state index in [9.17, 15) is 0 Å². The number of oxime groups is 1. The van der Waals surface area contributed by atoms with E-state index in [0.29, 0.717) is 17.7 Å². The molecule has 0 bridgehead atoms. The van der Waals surface area contributed by atoms with Gasteiger partial charge in [0, 0.05) is 13.0 Å². The van der Waals surface area contributed by atoms with E-state index < -0.39 is 0 Å². The molecule has 3 N–H and O–H groups in total. The Morgan fingerprint density at radius 1 is 1.35 bits per heavy atom. The summed E-state index contributed by atoms with van der Waals surface area (Å²) in [6.45, 7) is 10.2. The average Bonchev–Trinajstić information content (AvgIpc) is 2.50. The van der Waals surface area contributed by atoms with Crippen LogP contribution in [-0.2, 0) is 0 Å². The lowest BCUT2D eigenvalue weighted by atomic mass is 9.77. The van der Waals surface area contributed by atoms with Crippen LogP contribution >= 0.6 is 0 Å². The number of hydrogen-bond donors (Lipinski definition) is 2. The molecule has 4 nitrogen and oxygen atoms in total. The third-order valence-corrected chi connectivity index (χ3v) is 3.86. The highest BCUT2D eigenvalue weighted by molar-refractivity contribution is 5.79. The standard InChI is InChI=1S/C13H27N3O/c1-13(2,3)11-5-4-8-16(9-6-11)10-7-12(14)15-17/h11,17H,4-10H2,1-3H3,(H2,14,15). The predicted octanol–water partition coefficient (Wildman–Crippen LogP) is 2.27. The fourth-order valence-electron chi connectivity index (χ4n) is 2.57. The monoisotopic (exact) mass is 241 g/mol. The highest BCUT2D eigenvalue weighted by Crippen LogP contribution is 2.34. The van der Waals surface area contributed by atoms with Crippen LogP contribution in [0.25, 0.3) is 0 Å². The summed E-state index contributed by atoms with van der Waals surface area (Å²) in [5.41, 5.74) is 5.92. The molecule has 4 heteroatoms. The number of nitrogens with zero attached hydrogens (tertiary/aromatic N) is 2. The molecule has 0 aliphatic carbocycles. The smallest absolute Gasteiger partial charge is 0.140 e. The van der Waals surface area contributed by atoms with Gasteiger partial charge < -0.3 is 15.8 Å². The Labute approximate surface area is 105 Å². The van der Waals surface area contributed by atoms with Gasteiger partial charge in [0.25, 0.3) is 0 Å². The Morgan fingerprint density at radius 2 is 2.06 bits per heavy atom. The Balaban J connectivity index is 2.38. The van der Waals surface area contributed by atoms with E-state index in [1.807, 2.05) is 0 Å². The van der Waals surface area contributed by atoms with Gasteiger partial charge in [-0.05, 0) is 43.7 Å². The summed E-state index contributed by atoms with van der Waals surface area (Å²) in [5, 5.41) is 11.5. The minimum atomic E-state index is 0.335. The van der Waals surface area contributed by atoms with Gasteiger partial charge in [-0.1, -0.05) is 25.9 Å². The molecule has 17 heavy (non-hydrogen) atoms. The Bertz CT molecular complexity index is 258. The van der Waals surface area contributed by atoms with Gasteiger partial charge in [-0.2, -0.15) is 0 Å². The lowest BCUT2D eigenvalue weighted by Gasteiger charge is -2.29. The van der Waals surface area contributed by atoms with Crippen LogP contribution in [0.2, 0.25) is 0 Å². The molecule has 1 unspecified atom stereocenters. The number of hydrogen-bond acceptors (Lipinski definition) is 3. The second-order valence-electron chi connectivity index (χ2n) is 6.18. The number of rotatable bonds is 3. The maximum atomic E-state index is 8.51. The Morgan fingerprint density at radius 3 is 2.65 bits per heavy atom. The second-order valence-corrected chi connectivity index (χ2v) is 6.18. The zero-order valence-electron chi connectivity index (χ0n) is 11.4. The van der Waals surface area contributed by atoms with Crippen LogP contribution in [0.3, 0.4) is 0 Å². The molecule has 0 spiro atoms. The van der Waals surface area contributed by atoms with Crippen LogP contribution in [0.5, 0.6) is 0 Å². The zero-order chi connectivity index (χ0) is 12.9. The quantitative estimate of drug-likeness (QED) is 0.345. The molecule has 0 aromatic rings. The van der Waals surface area contributed by atoms with E-state index >= 15 is 0 Å². The maximum Gasteiger partial charge on any atom is 0.140 e. The SMILES string of the molecule is CC(C)(C)C1CCCN(CCC(N)=NO)CC1. The van der Waals surface area contributed by atoms with Gasteiger partial charge in [0.2, 0.25) is 0 Å². The first-order valence-electron chi connectivity index (χ1n) is 6.62. The van der Waals surface area contributed by atoms with Gasteiger partial charge in [0.05, 0.1) is 0 Å². The van der Waals surface area contributed by atoms with E-state index in [0.717, 1.165) is 25.6 Å². The van der Waals surface area contributed by atoms with Crippen molar-refractivity contribution in [2.45, 2.75) is 46.5 Å². The van der Waals surface area contributed by atoms with Gasteiger partial charge in [0.15, 0.2) is 0 Å². The molecule has 1 aliphatic rings. The first-order valence-corrected chi connectivity index (χ1v) is 6.62. The number of amidine groups is 1. The summed E-state index contributed by atoms with van der Waals surface area (Å²) in [4.78, 5) is 2.43. The molecule has 1 atom stereocenters. The molecule has 1 rings (SSSR count). The lowest BCUT2D eigenvalue weighted by Crippen LogP contribution is -2.30. The van der Waals surface area contributed by atoms with E-state index in [1.165, 1.54) is 19.3 Å². The largest absolute Gasteiger partial charge is 0.409 e. The van der Waals surface area contributed by atoms with Crippen molar-refractivity contribution < 1.29 is 5.21 Å². The highest BCUT2D eigenvalue weighted by atomic mass is 16.4. The normalized spacial score (nSPS) is 24.6. The van der Waals surface area contributed by atoms with E-state index in [-0.39, 0.29) is 0 Å². The topological polar surface area (TPSA) is 61.8 Å². The Hall–Kier alpha value is -0.770.